The molecule has 1 saturated carbocycles. The van der Waals surface area contributed by atoms with Gasteiger partial charge in [0.15, 0.2) is 0 Å². The van der Waals surface area contributed by atoms with Gasteiger partial charge in [-0.15, -0.1) is 0 Å². The summed E-state index contributed by atoms with van der Waals surface area (Å²) >= 11 is 0. The van der Waals surface area contributed by atoms with Gasteiger partial charge in [-0.1, -0.05) is 29.8 Å². The van der Waals surface area contributed by atoms with Crippen molar-refractivity contribution in [1.29, 1.82) is 0 Å². The number of hydrogen-bond acceptors (Lipinski definition) is 3. The fraction of sp³-hybridized carbons (Fsp3) is 0.647. The average Bonchev–Trinajstić information content (AvgIpc) is 2.43. The molecule has 0 amide bonds. The van der Waals surface area contributed by atoms with Gasteiger partial charge >= 0.3 is 0 Å². The highest BCUT2D eigenvalue weighted by molar-refractivity contribution is 5.23. The van der Waals surface area contributed by atoms with E-state index >= 15 is 0 Å². The summed E-state index contributed by atoms with van der Waals surface area (Å²) < 4.78 is 6.03. The van der Waals surface area contributed by atoms with Crippen molar-refractivity contribution in [3.8, 4) is 0 Å². The van der Waals surface area contributed by atoms with Crippen molar-refractivity contribution >= 4 is 0 Å². The van der Waals surface area contributed by atoms with Crippen molar-refractivity contribution in [2.45, 2.75) is 57.1 Å². The molecule has 1 aromatic rings. The Morgan fingerprint density at radius 2 is 2.30 bits per heavy atom. The smallest absolute Gasteiger partial charge is 0.0685 e. The van der Waals surface area contributed by atoms with E-state index in [1.165, 1.54) is 36.8 Å². The summed E-state index contributed by atoms with van der Waals surface area (Å²) in [5, 5.41) is 0. The van der Waals surface area contributed by atoms with E-state index in [9.17, 15) is 0 Å². The van der Waals surface area contributed by atoms with E-state index in [1.807, 2.05) is 0 Å². The van der Waals surface area contributed by atoms with E-state index in [0.29, 0.717) is 12.0 Å². The molecule has 20 heavy (non-hydrogen) atoms. The number of rotatable bonds is 4. The minimum atomic E-state index is 0.199. The lowest BCUT2D eigenvalue weighted by molar-refractivity contribution is -0.147. The van der Waals surface area contributed by atoms with Crippen LogP contribution in [0.4, 0.5) is 0 Å². The van der Waals surface area contributed by atoms with E-state index in [-0.39, 0.29) is 5.60 Å². The molecule has 110 valence electrons. The number of nitrogens with one attached hydrogen (secondary N) is 1. The number of nitrogens with two attached hydrogens (primary N) is 1. The van der Waals surface area contributed by atoms with Gasteiger partial charge in [0.25, 0.3) is 0 Å². The predicted molar refractivity (Wildman–Crippen MR) is 81.3 cm³/mol. The third-order valence-electron chi connectivity index (χ3n) is 5.12. The van der Waals surface area contributed by atoms with Gasteiger partial charge in [0.2, 0.25) is 0 Å². The van der Waals surface area contributed by atoms with Gasteiger partial charge in [0.05, 0.1) is 5.60 Å². The minimum Gasteiger partial charge on any atom is -0.375 e. The fourth-order valence-corrected chi connectivity index (χ4v) is 3.78. The molecule has 3 N–H and O–H groups in total. The van der Waals surface area contributed by atoms with Crippen LogP contribution in [-0.4, -0.2) is 18.2 Å². The van der Waals surface area contributed by atoms with Crippen LogP contribution in [0, 0.1) is 12.8 Å². The molecule has 2 atom stereocenters. The topological polar surface area (TPSA) is 47.3 Å². The van der Waals surface area contributed by atoms with Gasteiger partial charge in [-0.05, 0) is 56.9 Å². The van der Waals surface area contributed by atoms with Crippen molar-refractivity contribution in [3.05, 3.63) is 35.4 Å². The van der Waals surface area contributed by atoms with E-state index in [1.54, 1.807) is 0 Å². The summed E-state index contributed by atoms with van der Waals surface area (Å²) in [6, 6.07) is 9.11. The Balaban J connectivity index is 1.66. The van der Waals surface area contributed by atoms with Crippen LogP contribution in [-0.2, 0) is 11.2 Å². The van der Waals surface area contributed by atoms with Gasteiger partial charge in [0.1, 0.15) is 0 Å². The molecule has 1 saturated heterocycles. The lowest BCUT2D eigenvalue weighted by Gasteiger charge is -2.48. The first kappa shape index (κ1) is 14.1. The van der Waals surface area contributed by atoms with Gasteiger partial charge in [-0.25, -0.2) is 0 Å². The van der Waals surface area contributed by atoms with Gasteiger partial charge in [0, 0.05) is 12.6 Å². The van der Waals surface area contributed by atoms with Crippen molar-refractivity contribution in [3.63, 3.8) is 0 Å². The van der Waals surface area contributed by atoms with Crippen LogP contribution < -0.4 is 11.3 Å². The van der Waals surface area contributed by atoms with E-state index in [2.05, 4.69) is 36.6 Å². The van der Waals surface area contributed by atoms with Crippen LogP contribution in [0.2, 0.25) is 0 Å². The third-order valence-corrected chi connectivity index (χ3v) is 5.12. The highest BCUT2D eigenvalue weighted by Gasteiger charge is 2.44. The normalized spacial score (nSPS) is 26.2. The summed E-state index contributed by atoms with van der Waals surface area (Å²) in [6.45, 7) is 3.04. The summed E-state index contributed by atoms with van der Waals surface area (Å²) in [5.41, 5.74) is 5.97. The molecule has 3 rings (SSSR count). The van der Waals surface area contributed by atoms with Gasteiger partial charge in [-0.3, -0.25) is 11.3 Å². The number of hydrazine groups is 1. The van der Waals surface area contributed by atoms with Crippen molar-refractivity contribution in [1.82, 2.24) is 5.43 Å². The van der Waals surface area contributed by atoms with Crippen LogP contribution in [0.1, 0.15) is 43.2 Å². The van der Waals surface area contributed by atoms with Crippen LogP contribution in [0.5, 0.6) is 0 Å². The second kappa shape index (κ2) is 5.84. The van der Waals surface area contributed by atoms with Crippen molar-refractivity contribution < 1.29 is 4.74 Å². The molecule has 2 unspecified atom stereocenters. The van der Waals surface area contributed by atoms with Gasteiger partial charge < -0.3 is 4.74 Å². The molecule has 3 heteroatoms. The molecule has 2 fully saturated rings. The first-order valence-electron chi connectivity index (χ1n) is 7.86. The summed E-state index contributed by atoms with van der Waals surface area (Å²) in [6.07, 6.45) is 7.12. The predicted octanol–water partition coefficient (Wildman–Crippen LogP) is 2.72. The SMILES string of the molecule is Cc1cccc(CC(NN)C2CCOC3(CCC3)C2)c1. The summed E-state index contributed by atoms with van der Waals surface area (Å²) in [7, 11) is 0. The molecular formula is C17H26N2O. The quantitative estimate of drug-likeness (QED) is 0.655. The molecule has 3 nitrogen and oxygen atoms in total. The summed E-state index contributed by atoms with van der Waals surface area (Å²) in [5.74, 6) is 6.48. The van der Waals surface area contributed by atoms with Gasteiger partial charge in [-0.2, -0.15) is 0 Å². The Bertz CT molecular complexity index is 456. The lowest BCUT2D eigenvalue weighted by atomic mass is 9.70. The number of hydrogen-bond donors (Lipinski definition) is 2. The lowest BCUT2D eigenvalue weighted by Crippen LogP contribution is -2.52. The maximum Gasteiger partial charge on any atom is 0.0685 e. The Morgan fingerprint density at radius 1 is 1.45 bits per heavy atom. The highest BCUT2D eigenvalue weighted by atomic mass is 16.5. The molecule has 1 heterocycles. The average molecular weight is 274 g/mol. The molecule has 1 aliphatic carbocycles. The maximum absolute atomic E-state index is 6.03. The minimum absolute atomic E-state index is 0.199. The zero-order valence-electron chi connectivity index (χ0n) is 12.4. The second-order valence-electron chi connectivity index (χ2n) is 6.60. The van der Waals surface area contributed by atoms with Crippen molar-refractivity contribution in [2.75, 3.05) is 6.61 Å². The number of benzene rings is 1. The monoisotopic (exact) mass is 274 g/mol. The highest BCUT2D eigenvalue weighted by Crippen LogP contribution is 2.45. The van der Waals surface area contributed by atoms with Crippen LogP contribution in [0.15, 0.2) is 24.3 Å². The van der Waals surface area contributed by atoms with Crippen molar-refractivity contribution in [2.24, 2.45) is 11.8 Å². The zero-order chi connectivity index (χ0) is 14.0. The first-order chi connectivity index (χ1) is 9.71. The zero-order valence-corrected chi connectivity index (χ0v) is 12.4. The van der Waals surface area contributed by atoms with E-state index in [4.69, 9.17) is 10.6 Å². The van der Waals surface area contributed by atoms with Crippen LogP contribution in [0.25, 0.3) is 0 Å². The maximum atomic E-state index is 6.03. The Labute approximate surface area is 121 Å². The van der Waals surface area contributed by atoms with Crippen LogP contribution in [0.3, 0.4) is 0 Å². The molecule has 2 aliphatic rings. The molecule has 1 aromatic carbocycles. The Hall–Kier alpha value is -0.900. The van der Waals surface area contributed by atoms with E-state index < -0.39 is 0 Å². The Morgan fingerprint density at radius 3 is 2.95 bits per heavy atom. The first-order valence-corrected chi connectivity index (χ1v) is 7.86. The summed E-state index contributed by atoms with van der Waals surface area (Å²) in [4.78, 5) is 0. The molecule has 0 radical (unpaired) electrons. The fourth-order valence-electron chi connectivity index (χ4n) is 3.78. The molecular weight excluding hydrogens is 248 g/mol. The number of aryl methyl sites for hydroxylation is 1. The molecule has 0 bridgehead atoms. The molecule has 1 aliphatic heterocycles. The van der Waals surface area contributed by atoms with E-state index in [0.717, 1.165) is 19.4 Å². The third kappa shape index (κ3) is 2.90. The molecule has 1 spiro atoms. The molecule has 0 aromatic heterocycles. The van der Waals surface area contributed by atoms with Crippen LogP contribution >= 0.6 is 0 Å². The standard InChI is InChI=1S/C17H26N2O/c1-13-4-2-5-14(10-13)11-16(19-18)15-6-9-20-17(12-15)7-3-8-17/h2,4-5,10,15-16,19H,3,6-9,11-12,18H2,1H3. The Kier molecular flexibility index (Phi) is 4.11. The second-order valence-corrected chi connectivity index (χ2v) is 6.60. The number of ether oxygens (including phenoxy) is 1. The largest absolute Gasteiger partial charge is 0.375 e.